The molecule has 2 aliphatic rings. The maximum Gasteiger partial charge on any atom is 0.296 e. The van der Waals surface area contributed by atoms with Crippen molar-refractivity contribution in [2.75, 3.05) is 6.61 Å². The summed E-state index contributed by atoms with van der Waals surface area (Å²) in [6.07, 6.45) is -0.217. The molecule has 0 spiro atoms. The molecule has 1 aromatic carbocycles. The van der Waals surface area contributed by atoms with Crippen LogP contribution in [0.4, 0.5) is 0 Å². The third-order valence-electron chi connectivity index (χ3n) is 4.33. The molecule has 4 atom stereocenters. The summed E-state index contributed by atoms with van der Waals surface area (Å²) in [4.78, 5) is 0.160. The van der Waals surface area contributed by atoms with Crippen molar-refractivity contribution in [2.45, 2.75) is 69.2 Å². The molecular weight excluding hydrogens is 332 g/mol. The first-order valence-electron chi connectivity index (χ1n) is 8.15. The number of rotatable bonds is 5. The largest absolute Gasteiger partial charge is 0.370 e. The minimum atomic E-state index is -3.75. The molecule has 134 valence electrons. The number of benzene rings is 1. The highest BCUT2D eigenvalue weighted by atomic mass is 32.2. The van der Waals surface area contributed by atoms with E-state index < -0.39 is 15.9 Å². The van der Waals surface area contributed by atoms with Gasteiger partial charge in [0.15, 0.2) is 5.79 Å². The molecule has 7 heteroatoms. The third kappa shape index (κ3) is 3.65. The van der Waals surface area contributed by atoms with Crippen molar-refractivity contribution in [3.05, 3.63) is 29.8 Å². The number of hydrogen-bond acceptors (Lipinski definition) is 6. The Morgan fingerprint density at radius 2 is 1.75 bits per heavy atom. The molecule has 0 aliphatic carbocycles. The standard InChI is InChI=1S/C17H24O6S/c1-11-5-7-13(8-6-11)24(18,19)20-10-9-14-16-15(12(2)21-14)22-17(3,4)23-16/h5-8,12,14-16H,9-10H2,1-4H3/t12-,14+,15-,16+/m0/s1. The number of fused-ring (bicyclic) bond motifs is 1. The van der Waals surface area contributed by atoms with Gasteiger partial charge in [-0.2, -0.15) is 8.42 Å². The van der Waals surface area contributed by atoms with E-state index in [4.69, 9.17) is 18.4 Å². The second kappa shape index (κ2) is 6.38. The van der Waals surface area contributed by atoms with Crippen molar-refractivity contribution in [1.82, 2.24) is 0 Å². The molecule has 0 unspecified atom stereocenters. The summed E-state index contributed by atoms with van der Waals surface area (Å²) in [5, 5.41) is 0. The van der Waals surface area contributed by atoms with Gasteiger partial charge >= 0.3 is 0 Å². The van der Waals surface area contributed by atoms with E-state index in [0.29, 0.717) is 6.42 Å². The van der Waals surface area contributed by atoms with Crippen molar-refractivity contribution in [3.63, 3.8) is 0 Å². The van der Waals surface area contributed by atoms with Crippen LogP contribution in [0.3, 0.4) is 0 Å². The Morgan fingerprint density at radius 1 is 1.12 bits per heavy atom. The Hall–Kier alpha value is -0.990. The van der Waals surface area contributed by atoms with Gasteiger partial charge in [-0.05, 0) is 39.8 Å². The summed E-state index contributed by atoms with van der Waals surface area (Å²) in [6, 6.07) is 6.58. The molecule has 0 amide bonds. The smallest absolute Gasteiger partial charge is 0.296 e. The van der Waals surface area contributed by atoms with E-state index in [1.54, 1.807) is 24.3 Å². The molecule has 0 bridgehead atoms. The van der Waals surface area contributed by atoms with E-state index in [0.717, 1.165) is 5.56 Å². The quantitative estimate of drug-likeness (QED) is 0.755. The normalized spacial score (nSPS) is 32.0. The average Bonchev–Trinajstić information content (AvgIpc) is 2.95. The van der Waals surface area contributed by atoms with E-state index in [2.05, 4.69) is 0 Å². The highest BCUT2D eigenvalue weighted by Crippen LogP contribution is 2.39. The summed E-state index contributed by atoms with van der Waals surface area (Å²) < 4.78 is 47.1. The molecule has 2 fully saturated rings. The van der Waals surface area contributed by atoms with Crippen LogP contribution in [0.25, 0.3) is 0 Å². The fraction of sp³-hybridized carbons (Fsp3) is 0.647. The number of aryl methyl sites for hydroxylation is 1. The number of hydrogen-bond donors (Lipinski definition) is 0. The van der Waals surface area contributed by atoms with Crippen LogP contribution in [0.5, 0.6) is 0 Å². The zero-order valence-corrected chi connectivity index (χ0v) is 15.2. The predicted molar refractivity (Wildman–Crippen MR) is 87.1 cm³/mol. The first kappa shape index (κ1) is 17.8. The zero-order valence-electron chi connectivity index (χ0n) is 14.4. The zero-order chi connectivity index (χ0) is 17.5. The van der Waals surface area contributed by atoms with Gasteiger partial charge in [-0.1, -0.05) is 17.7 Å². The number of ether oxygens (including phenoxy) is 3. The molecule has 0 saturated carbocycles. The van der Waals surface area contributed by atoms with Gasteiger partial charge in [-0.15, -0.1) is 0 Å². The molecule has 3 rings (SSSR count). The van der Waals surface area contributed by atoms with Gasteiger partial charge in [0.2, 0.25) is 0 Å². The SMILES string of the molecule is Cc1ccc(S(=O)(=O)OCC[C@H]2O[C@@H](C)[C@@H]3OC(C)(C)O[C@@H]32)cc1. The van der Waals surface area contributed by atoms with Gasteiger partial charge in [0.1, 0.15) is 12.2 Å². The van der Waals surface area contributed by atoms with Crippen LogP contribution in [0.1, 0.15) is 32.8 Å². The Kier molecular flexibility index (Phi) is 4.74. The molecule has 2 saturated heterocycles. The predicted octanol–water partition coefficient (Wildman–Crippen LogP) is 2.40. The van der Waals surface area contributed by atoms with Crippen molar-refractivity contribution >= 4 is 10.1 Å². The molecule has 1 aromatic rings. The summed E-state index contributed by atoms with van der Waals surface area (Å²) in [6.45, 7) is 7.62. The van der Waals surface area contributed by atoms with E-state index in [-0.39, 0.29) is 35.9 Å². The Bertz CT molecular complexity index is 682. The van der Waals surface area contributed by atoms with Crippen LogP contribution < -0.4 is 0 Å². The van der Waals surface area contributed by atoms with Crippen molar-refractivity contribution < 1.29 is 26.8 Å². The van der Waals surface area contributed by atoms with Crippen LogP contribution in [-0.2, 0) is 28.5 Å². The van der Waals surface area contributed by atoms with E-state index in [9.17, 15) is 8.42 Å². The topological polar surface area (TPSA) is 71.1 Å². The average molecular weight is 356 g/mol. The maximum absolute atomic E-state index is 12.2. The van der Waals surface area contributed by atoms with Gasteiger partial charge in [0.05, 0.1) is 23.7 Å². The van der Waals surface area contributed by atoms with E-state index >= 15 is 0 Å². The summed E-state index contributed by atoms with van der Waals surface area (Å²) in [5.41, 5.74) is 0.995. The minimum Gasteiger partial charge on any atom is -0.370 e. The second-order valence-corrected chi connectivity index (χ2v) is 8.44. The lowest BCUT2D eigenvalue weighted by atomic mass is 10.1. The summed E-state index contributed by atoms with van der Waals surface area (Å²) in [5.74, 6) is -0.638. The monoisotopic (exact) mass is 356 g/mol. The van der Waals surface area contributed by atoms with Crippen molar-refractivity contribution in [2.24, 2.45) is 0 Å². The first-order chi connectivity index (χ1) is 11.2. The highest BCUT2D eigenvalue weighted by molar-refractivity contribution is 7.86. The fourth-order valence-corrected chi connectivity index (χ4v) is 4.10. The molecule has 6 nitrogen and oxygen atoms in total. The molecule has 0 radical (unpaired) electrons. The van der Waals surface area contributed by atoms with Crippen LogP contribution in [0.2, 0.25) is 0 Å². The lowest BCUT2D eigenvalue weighted by Gasteiger charge is -2.23. The van der Waals surface area contributed by atoms with Crippen LogP contribution in [0.15, 0.2) is 29.2 Å². The third-order valence-corrected chi connectivity index (χ3v) is 5.66. The summed E-state index contributed by atoms with van der Waals surface area (Å²) in [7, 11) is -3.75. The lowest BCUT2D eigenvalue weighted by Crippen LogP contribution is -2.30. The van der Waals surface area contributed by atoms with Crippen LogP contribution in [-0.4, -0.2) is 45.2 Å². The van der Waals surface area contributed by atoms with Crippen LogP contribution >= 0.6 is 0 Å². The maximum atomic E-state index is 12.2. The van der Waals surface area contributed by atoms with Gasteiger partial charge < -0.3 is 14.2 Å². The Balaban J connectivity index is 1.57. The van der Waals surface area contributed by atoms with Crippen molar-refractivity contribution in [1.29, 1.82) is 0 Å². The molecule has 2 heterocycles. The second-order valence-electron chi connectivity index (χ2n) is 6.82. The lowest BCUT2D eigenvalue weighted by molar-refractivity contribution is -0.186. The highest BCUT2D eigenvalue weighted by Gasteiger charge is 2.53. The Labute approximate surface area is 143 Å². The van der Waals surface area contributed by atoms with Gasteiger partial charge in [0, 0.05) is 6.42 Å². The van der Waals surface area contributed by atoms with E-state index in [1.165, 1.54) is 0 Å². The van der Waals surface area contributed by atoms with Gasteiger partial charge in [-0.25, -0.2) is 0 Å². The van der Waals surface area contributed by atoms with Gasteiger partial charge in [-0.3, -0.25) is 4.18 Å². The summed E-state index contributed by atoms with van der Waals surface area (Å²) >= 11 is 0. The Morgan fingerprint density at radius 3 is 2.42 bits per heavy atom. The van der Waals surface area contributed by atoms with Crippen molar-refractivity contribution in [3.8, 4) is 0 Å². The van der Waals surface area contributed by atoms with Crippen LogP contribution in [0, 0.1) is 6.92 Å². The first-order valence-corrected chi connectivity index (χ1v) is 9.56. The van der Waals surface area contributed by atoms with E-state index in [1.807, 2.05) is 27.7 Å². The molecule has 0 N–H and O–H groups in total. The molecular formula is C17H24O6S. The molecule has 2 aliphatic heterocycles. The minimum absolute atomic E-state index is 0.0423. The molecule has 0 aromatic heterocycles. The van der Waals surface area contributed by atoms with Gasteiger partial charge in [0.25, 0.3) is 10.1 Å². The molecule has 24 heavy (non-hydrogen) atoms. The fourth-order valence-electron chi connectivity index (χ4n) is 3.18.